The first-order valence-corrected chi connectivity index (χ1v) is 9.93. The van der Waals surface area contributed by atoms with Gasteiger partial charge in [-0.3, -0.25) is 14.6 Å². The average Bonchev–Trinajstić information content (AvgIpc) is 2.99. The van der Waals surface area contributed by atoms with Crippen LogP contribution in [0.5, 0.6) is 0 Å². The van der Waals surface area contributed by atoms with E-state index in [0.29, 0.717) is 17.8 Å². The maximum Gasteiger partial charge on any atom is 0.295 e. The van der Waals surface area contributed by atoms with Crippen LogP contribution in [0.3, 0.4) is 0 Å². The predicted molar refractivity (Wildman–Crippen MR) is 107 cm³/mol. The minimum Gasteiger partial charge on any atom is -0.507 e. The number of hydrogen-bond donors (Lipinski definition) is 1. The first-order valence-electron chi connectivity index (χ1n) is 9.93. The number of benzene rings is 1. The quantitative estimate of drug-likeness (QED) is 0.501. The molecule has 1 aliphatic carbocycles. The number of carbonyl (C=O) groups excluding carboxylic acids is 2. The van der Waals surface area contributed by atoms with Crippen molar-refractivity contribution in [2.75, 3.05) is 6.54 Å². The molecule has 144 valence electrons. The maximum absolute atomic E-state index is 12.8. The molecule has 1 N–H and O–H groups in total. The summed E-state index contributed by atoms with van der Waals surface area (Å²) in [6.45, 7) is 2.39. The largest absolute Gasteiger partial charge is 0.507 e. The van der Waals surface area contributed by atoms with E-state index in [4.69, 9.17) is 0 Å². The van der Waals surface area contributed by atoms with Crippen molar-refractivity contribution in [3.05, 3.63) is 70.6 Å². The van der Waals surface area contributed by atoms with E-state index < -0.39 is 17.7 Å². The van der Waals surface area contributed by atoms with E-state index >= 15 is 0 Å². The Hall–Kier alpha value is -2.95. The van der Waals surface area contributed by atoms with Gasteiger partial charge in [-0.2, -0.15) is 0 Å². The average molecular weight is 376 g/mol. The van der Waals surface area contributed by atoms with E-state index in [1.54, 1.807) is 18.3 Å². The zero-order valence-electron chi connectivity index (χ0n) is 16.0. The molecule has 2 aliphatic rings. The second-order valence-electron chi connectivity index (χ2n) is 7.44. The highest BCUT2D eigenvalue weighted by Gasteiger charge is 2.46. The van der Waals surface area contributed by atoms with Gasteiger partial charge in [0.25, 0.3) is 11.7 Å². The molecule has 1 aromatic carbocycles. The summed E-state index contributed by atoms with van der Waals surface area (Å²) in [5.41, 5.74) is 3.83. The van der Waals surface area contributed by atoms with Crippen LogP contribution in [0.4, 0.5) is 0 Å². The fourth-order valence-corrected chi connectivity index (χ4v) is 4.23. The van der Waals surface area contributed by atoms with E-state index in [9.17, 15) is 14.7 Å². The number of likely N-dealkylation sites (tertiary alicyclic amines) is 1. The number of nitrogens with zero attached hydrogens (tertiary/aromatic N) is 2. The van der Waals surface area contributed by atoms with Crippen LogP contribution in [0.15, 0.2) is 48.2 Å². The molecule has 28 heavy (non-hydrogen) atoms. The number of aryl methyl sites for hydroxylation is 2. The third kappa shape index (κ3) is 3.11. The Bertz CT molecular complexity index is 950. The van der Waals surface area contributed by atoms with Crippen LogP contribution >= 0.6 is 0 Å². The lowest BCUT2D eigenvalue weighted by Crippen LogP contribution is -2.30. The summed E-state index contributed by atoms with van der Waals surface area (Å²) in [6.07, 6.45) is 6.69. The van der Waals surface area contributed by atoms with E-state index in [1.165, 1.54) is 22.4 Å². The number of pyridine rings is 1. The van der Waals surface area contributed by atoms with Crippen molar-refractivity contribution in [3.8, 4) is 0 Å². The number of aromatic nitrogens is 1. The highest BCUT2D eigenvalue weighted by molar-refractivity contribution is 6.46. The molecule has 1 atom stereocenters. The Morgan fingerprint density at radius 2 is 1.93 bits per heavy atom. The zero-order chi connectivity index (χ0) is 19.7. The van der Waals surface area contributed by atoms with Gasteiger partial charge in [0.1, 0.15) is 11.8 Å². The molecule has 5 nitrogen and oxygen atoms in total. The summed E-state index contributed by atoms with van der Waals surface area (Å²) in [4.78, 5) is 31.4. The molecule has 0 saturated carbocycles. The summed E-state index contributed by atoms with van der Waals surface area (Å²) in [6, 6.07) is 10.6. The van der Waals surface area contributed by atoms with Crippen molar-refractivity contribution >= 4 is 17.4 Å². The molecule has 4 rings (SSSR count). The van der Waals surface area contributed by atoms with Gasteiger partial charge in [0.2, 0.25) is 0 Å². The molecule has 1 unspecified atom stereocenters. The van der Waals surface area contributed by atoms with E-state index in [-0.39, 0.29) is 11.3 Å². The molecular weight excluding hydrogens is 352 g/mol. The molecular formula is C23H24N2O3. The fourth-order valence-electron chi connectivity index (χ4n) is 4.23. The van der Waals surface area contributed by atoms with Gasteiger partial charge < -0.3 is 10.0 Å². The predicted octanol–water partition coefficient (Wildman–Crippen LogP) is 3.79. The second kappa shape index (κ2) is 7.58. The van der Waals surface area contributed by atoms with E-state index in [1.807, 2.05) is 31.2 Å². The first-order chi connectivity index (χ1) is 13.6. The number of aliphatic hydroxyl groups excluding tert-OH is 1. The summed E-state index contributed by atoms with van der Waals surface area (Å²) in [5, 5.41) is 11.1. The zero-order valence-corrected chi connectivity index (χ0v) is 16.0. The van der Waals surface area contributed by atoms with Crippen molar-refractivity contribution < 1.29 is 14.7 Å². The number of Topliss-reactive ketones (excluding diaryl/α,β-unsaturated/α-hetero) is 1. The standard InChI is InChI=1S/C23H24N2O3/c1-2-13-25-20(18-9-5-6-12-24-18)19(22(27)23(25)28)21(26)17-11-10-15-7-3-4-8-16(15)14-17/h5-6,9-12,14,20,26H,2-4,7-8,13H2,1H3/b21-19-. The molecule has 5 heteroatoms. The molecule has 0 bridgehead atoms. The van der Waals surface area contributed by atoms with Crippen molar-refractivity contribution in [2.45, 2.75) is 45.1 Å². The minimum atomic E-state index is -0.655. The molecule has 2 aromatic rings. The van der Waals surface area contributed by atoms with E-state index in [2.05, 4.69) is 4.98 Å². The SMILES string of the molecule is CCCN1C(=O)C(=O)/C(=C(\O)c2ccc3c(c2)CCCC3)C1c1ccccn1. The summed E-state index contributed by atoms with van der Waals surface area (Å²) >= 11 is 0. The monoisotopic (exact) mass is 376 g/mol. The van der Waals surface area contributed by atoms with Crippen LogP contribution in [0, 0.1) is 0 Å². The summed E-state index contributed by atoms with van der Waals surface area (Å²) in [5.74, 6) is -1.32. The molecule has 0 spiro atoms. The van der Waals surface area contributed by atoms with Crippen molar-refractivity contribution in [1.29, 1.82) is 0 Å². The molecule has 1 saturated heterocycles. The van der Waals surface area contributed by atoms with Gasteiger partial charge >= 0.3 is 0 Å². The fraction of sp³-hybridized carbons (Fsp3) is 0.348. The number of rotatable bonds is 4. The Balaban J connectivity index is 1.84. The van der Waals surface area contributed by atoms with E-state index in [0.717, 1.165) is 25.7 Å². The molecule has 2 heterocycles. The van der Waals surface area contributed by atoms with Crippen LogP contribution in [0.25, 0.3) is 5.76 Å². The van der Waals surface area contributed by atoms with Gasteiger partial charge in [-0.05, 0) is 61.4 Å². The van der Waals surface area contributed by atoms with Crippen molar-refractivity contribution in [2.24, 2.45) is 0 Å². The highest BCUT2D eigenvalue weighted by Crippen LogP contribution is 2.39. The van der Waals surface area contributed by atoms with Crippen LogP contribution in [0.2, 0.25) is 0 Å². The molecule has 1 amide bonds. The van der Waals surface area contributed by atoms with Crippen molar-refractivity contribution in [3.63, 3.8) is 0 Å². The number of carbonyl (C=O) groups is 2. The van der Waals surface area contributed by atoms with Crippen LogP contribution in [0.1, 0.15) is 54.6 Å². The molecule has 1 fully saturated rings. The number of ketones is 1. The van der Waals surface area contributed by atoms with Gasteiger partial charge in [-0.1, -0.05) is 25.1 Å². The Labute approximate surface area is 164 Å². The smallest absolute Gasteiger partial charge is 0.295 e. The molecule has 1 aliphatic heterocycles. The third-order valence-corrected chi connectivity index (χ3v) is 5.59. The Kier molecular flexibility index (Phi) is 4.99. The number of fused-ring (bicyclic) bond motifs is 1. The third-order valence-electron chi connectivity index (χ3n) is 5.59. The number of hydrogen-bond acceptors (Lipinski definition) is 4. The lowest BCUT2D eigenvalue weighted by molar-refractivity contribution is -0.139. The topological polar surface area (TPSA) is 70.5 Å². The number of amides is 1. The van der Waals surface area contributed by atoms with Crippen LogP contribution in [-0.2, 0) is 22.4 Å². The van der Waals surface area contributed by atoms with Gasteiger partial charge in [-0.15, -0.1) is 0 Å². The van der Waals surface area contributed by atoms with Gasteiger partial charge in [0.05, 0.1) is 11.3 Å². The lowest BCUT2D eigenvalue weighted by atomic mass is 9.89. The maximum atomic E-state index is 12.8. The lowest BCUT2D eigenvalue weighted by Gasteiger charge is -2.24. The van der Waals surface area contributed by atoms with Crippen LogP contribution < -0.4 is 0 Å². The molecule has 1 aromatic heterocycles. The second-order valence-corrected chi connectivity index (χ2v) is 7.44. The van der Waals surface area contributed by atoms with Crippen LogP contribution in [-0.4, -0.2) is 33.2 Å². The Morgan fingerprint density at radius 1 is 1.14 bits per heavy atom. The minimum absolute atomic E-state index is 0.110. The summed E-state index contributed by atoms with van der Waals surface area (Å²) < 4.78 is 0. The van der Waals surface area contributed by atoms with Gasteiger partial charge in [0, 0.05) is 18.3 Å². The Morgan fingerprint density at radius 3 is 2.64 bits per heavy atom. The number of aliphatic hydroxyl groups is 1. The van der Waals surface area contributed by atoms with Crippen molar-refractivity contribution in [1.82, 2.24) is 9.88 Å². The van der Waals surface area contributed by atoms with Gasteiger partial charge in [-0.25, -0.2) is 0 Å². The van der Waals surface area contributed by atoms with Gasteiger partial charge in [0.15, 0.2) is 0 Å². The highest BCUT2D eigenvalue weighted by atomic mass is 16.3. The normalized spacial score (nSPS) is 21.0. The molecule has 0 radical (unpaired) electrons. The summed E-state index contributed by atoms with van der Waals surface area (Å²) in [7, 11) is 0. The first kappa shape index (κ1) is 18.4.